The van der Waals surface area contributed by atoms with Gasteiger partial charge in [0.25, 0.3) is 0 Å². The lowest BCUT2D eigenvalue weighted by Gasteiger charge is -2.37. The number of carbonyl (C=O) groups is 6. The Morgan fingerprint density at radius 3 is 1.79 bits per heavy atom. The van der Waals surface area contributed by atoms with E-state index >= 15 is 0 Å². The van der Waals surface area contributed by atoms with Crippen molar-refractivity contribution in [1.29, 1.82) is 0 Å². The Labute approximate surface area is 421 Å². The van der Waals surface area contributed by atoms with Crippen LogP contribution in [0.15, 0.2) is 109 Å². The average molecular weight is 980 g/mol. The number of esters is 3. The van der Waals surface area contributed by atoms with Gasteiger partial charge in [0.1, 0.15) is 22.7 Å². The number of amides is 1. The van der Waals surface area contributed by atoms with Gasteiger partial charge < -0.3 is 30.0 Å². The van der Waals surface area contributed by atoms with E-state index in [9.17, 15) is 28.8 Å². The van der Waals surface area contributed by atoms with Crippen molar-refractivity contribution in [2.75, 3.05) is 6.54 Å². The monoisotopic (exact) mass is 979 g/mol. The molecule has 0 fully saturated rings. The topological polar surface area (TPSA) is 206 Å². The minimum atomic E-state index is -1.44. The molecule has 0 aliphatic carbocycles. The van der Waals surface area contributed by atoms with Crippen molar-refractivity contribution in [3.05, 3.63) is 154 Å². The highest BCUT2D eigenvalue weighted by atomic mass is 16.6. The van der Waals surface area contributed by atoms with E-state index in [1.54, 1.807) is 102 Å². The number of aromatic nitrogens is 2. The van der Waals surface area contributed by atoms with Crippen molar-refractivity contribution in [3.63, 3.8) is 0 Å². The first kappa shape index (κ1) is 52.7. The van der Waals surface area contributed by atoms with E-state index in [0.717, 1.165) is 30.8 Å². The van der Waals surface area contributed by atoms with Crippen molar-refractivity contribution in [2.24, 2.45) is 11.7 Å². The van der Waals surface area contributed by atoms with Crippen LogP contribution in [0, 0.1) is 5.92 Å². The number of benzene rings is 3. The Bertz CT molecular complexity index is 2750. The largest absolute Gasteiger partial charge is 0.460 e. The Kier molecular flexibility index (Phi) is 16.5. The van der Waals surface area contributed by atoms with Crippen molar-refractivity contribution < 1.29 is 47.7 Å². The third-order valence-corrected chi connectivity index (χ3v) is 12.3. The molecular weight excluding hydrogens is 915 g/mol. The number of unbranched alkanes of at least 4 members (excludes halogenated alkanes) is 1. The second-order valence-corrected chi connectivity index (χ2v) is 20.7. The number of hydrogen-bond donors (Lipinski definition) is 2. The first-order valence-corrected chi connectivity index (χ1v) is 24.5. The van der Waals surface area contributed by atoms with E-state index in [2.05, 4.69) is 20.2 Å². The third kappa shape index (κ3) is 13.4. The molecular formula is C57H65N5O10. The Morgan fingerprint density at radius 2 is 1.24 bits per heavy atom. The molecule has 0 saturated heterocycles. The van der Waals surface area contributed by atoms with Gasteiger partial charge in [0.15, 0.2) is 17.2 Å². The van der Waals surface area contributed by atoms with Crippen LogP contribution >= 0.6 is 0 Å². The summed E-state index contributed by atoms with van der Waals surface area (Å²) in [7, 11) is 0. The normalized spacial score (nSPS) is 16.0. The van der Waals surface area contributed by atoms with Crippen LogP contribution in [-0.4, -0.2) is 80.1 Å². The molecule has 0 bridgehead atoms. The summed E-state index contributed by atoms with van der Waals surface area (Å²) in [5.74, 6) is -2.79. The smallest absolute Gasteiger partial charge is 0.340 e. The van der Waals surface area contributed by atoms with Crippen LogP contribution < -0.4 is 15.8 Å². The second kappa shape index (κ2) is 22.5. The third-order valence-electron chi connectivity index (χ3n) is 12.3. The molecule has 5 aromatic rings. The zero-order valence-corrected chi connectivity index (χ0v) is 42.2. The van der Waals surface area contributed by atoms with Crippen LogP contribution in [0.2, 0.25) is 0 Å². The molecule has 1 spiro atoms. The van der Waals surface area contributed by atoms with Gasteiger partial charge in [-0.2, -0.15) is 0 Å². The minimum Gasteiger partial charge on any atom is -0.460 e. The van der Waals surface area contributed by atoms with Crippen LogP contribution in [0.1, 0.15) is 130 Å². The fourth-order valence-corrected chi connectivity index (χ4v) is 9.00. The van der Waals surface area contributed by atoms with Gasteiger partial charge in [0, 0.05) is 60.9 Å². The first-order valence-electron chi connectivity index (χ1n) is 24.5. The lowest BCUT2D eigenvalue weighted by molar-refractivity contribution is -0.157. The summed E-state index contributed by atoms with van der Waals surface area (Å²) in [4.78, 5) is 92.1. The molecule has 3 N–H and O–H groups in total. The number of ether oxygens (including phenoxy) is 4. The molecule has 72 heavy (non-hydrogen) atoms. The average Bonchev–Trinajstić information content (AvgIpc) is 3.60. The van der Waals surface area contributed by atoms with Gasteiger partial charge in [-0.15, -0.1) is 0 Å². The van der Waals surface area contributed by atoms with E-state index in [-0.39, 0.29) is 37.4 Å². The quantitative estimate of drug-likeness (QED) is 0.0406. The van der Waals surface area contributed by atoms with Crippen LogP contribution in [-0.2, 0) is 69.7 Å². The summed E-state index contributed by atoms with van der Waals surface area (Å²) >= 11 is 0. The molecule has 0 saturated carbocycles. The number of nitrogens with one attached hydrogen (secondary N) is 1. The highest BCUT2D eigenvalue weighted by Gasteiger charge is 2.53. The van der Waals surface area contributed by atoms with E-state index in [4.69, 9.17) is 24.7 Å². The standard InChI is InChI=1S/C57H65N5O10/c1-36(16-12-15-27-62(34-39-17-10-13-25-59-39)35-40-18-11-14-26-60-40)53(67)61-46(33-52(66)71-56(5,6)7)48(64)29-38-22-24-44-50(31-38)69-49-30-37(28-47(63)45(58)32-51(65)70-55(2,3)4)21-23-43(49)57(44)42-20-9-8-19-41(42)54(68)72-57/h8-11,13-14,17-26,30-31,36,45-46H,12,15-16,27-29,32-35,58H2,1-7H3,(H,61,67)/t36-,45-,46-,57?/m0/s1. The molecule has 4 atom stereocenters. The van der Waals surface area contributed by atoms with Crippen molar-refractivity contribution >= 4 is 35.4 Å². The summed E-state index contributed by atoms with van der Waals surface area (Å²) in [6.45, 7) is 14.3. The number of Topliss-reactive ketones (excluding diaryl/α,β-unsaturated/α-hetero) is 2. The number of pyridine rings is 2. The molecule has 2 aliphatic rings. The molecule has 2 aliphatic heterocycles. The molecule has 7 rings (SSSR count). The molecule has 1 amide bonds. The fourth-order valence-electron chi connectivity index (χ4n) is 9.00. The Morgan fingerprint density at radius 1 is 0.694 bits per heavy atom. The van der Waals surface area contributed by atoms with Gasteiger partial charge in [0.2, 0.25) is 5.91 Å². The first-order chi connectivity index (χ1) is 34.2. The maximum Gasteiger partial charge on any atom is 0.340 e. The van der Waals surface area contributed by atoms with Crippen LogP contribution in [0.4, 0.5) is 0 Å². The predicted octanol–water partition coefficient (Wildman–Crippen LogP) is 8.05. The number of nitrogens with zero attached hydrogens (tertiary/aromatic N) is 3. The van der Waals surface area contributed by atoms with E-state index in [0.29, 0.717) is 64.4 Å². The molecule has 15 heteroatoms. The second-order valence-electron chi connectivity index (χ2n) is 20.7. The number of rotatable bonds is 21. The molecule has 378 valence electrons. The SMILES string of the molecule is C[C@@H](CCCCN(Cc1ccccn1)Cc1ccccn1)C(=O)N[C@@H](CC(=O)OC(C)(C)C)C(=O)Cc1ccc2c(c1)Oc1cc(CC(=O)[C@@H](N)CC(=O)OC(C)(C)C)ccc1C21OC(=O)c2ccccc21. The number of hydrogen-bond acceptors (Lipinski definition) is 14. The molecule has 2 aromatic heterocycles. The Balaban J connectivity index is 1.07. The summed E-state index contributed by atoms with van der Waals surface area (Å²) in [5.41, 5.74) is 8.12. The summed E-state index contributed by atoms with van der Waals surface area (Å²) in [5, 5.41) is 2.88. The van der Waals surface area contributed by atoms with Crippen molar-refractivity contribution in [2.45, 2.75) is 135 Å². The van der Waals surface area contributed by atoms with Gasteiger partial charge in [-0.25, -0.2) is 4.79 Å². The zero-order valence-electron chi connectivity index (χ0n) is 42.2. The van der Waals surface area contributed by atoms with Gasteiger partial charge in [-0.1, -0.05) is 67.9 Å². The minimum absolute atomic E-state index is 0.118. The Hall–Kier alpha value is -7.10. The molecule has 15 nitrogen and oxygen atoms in total. The number of carbonyl (C=O) groups excluding carboxylic acids is 6. The van der Waals surface area contributed by atoms with Gasteiger partial charge in [0.05, 0.1) is 41.9 Å². The van der Waals surface area contributed by atoms with Crippen LogP contribution in [0.25, 0.3) is 0 Å². The fraction of sp³-hybridized carbons (Fsp3) is 0.404. The molecule has 0 radical (unpaired) electrons. The number of fused-ring (bicyclic) bond motifs is 6. The van der Waals surface area contributed by atoms with Gasteiger partial charge in [-0.3, -0.25) is 38.8 Å². The molecule has 4 heterocycles. The number of nitrogens with two attached hydrogens (primary N) is 1. The summed E-state index contributed by atoms with van der Waals surface area (Å²) in [6.07, 6.45) is 4.67. The van der Waals surface area contributed by atoms with E-state index in [1.165, 1.54) is 0 Å². The lowest BCUT2D eigenvalue weighted by atomic mass is 9.77. The van der Waals surface area contributed by atoms with E-state index in [1.807, 2.05) is 55.5 Å². The van der Waals surface area contributed by atoms with Crippen molar-refractivity contribution in [1.82, 2.24) is 20.2 Å². The van der Waals surface area contributed by atoms with Gasteiger partial charge >= 0.3 is 17.9 Å². The number of ketones is 2. The zero-order chi connectivity index (χ0) is 51.8. The summed E-state index contributed by atoms with van der Waals surface area (Å²) < 4.78 is 23.9. The van der Waals surface area contributed by atoms with Crippen molar-refractivity contribution in [3.8, 4) is 11.5 Å². The highest BCUT2D eigenvalue weighted by Crippen LogP contribution is 2.56. The van der Waals surface area contributed by atoms with Crippen LogP contribution in [0.5, 0.6) is 11.5 Å². The maximum atomic E-state index is 14.3. The predicted molar refractivity (Wildman–Crippen MR) is 269 cm³/mol. The molecule has 3 aromatic carbocycles. The maximum absolute atomic E-state index is 14.3. The lowest BCUT2D eigenvalue weighted by Crippen LogP contribution is -2.45. The van der Waals surface area contributed by atoms with E-state index < -0.39 is 58.5 Å². The summed E-state index contributed by atoms with van der Waals surface area (Å²) in [6, 6.07) is 26.8. The van der Waals surface area contributed by atoms with Crippen LogP contribution in [0.3, 0.4) is 0 Å². The highest BCUT2D eigenvalue weighted by molar-refractivity contribution is 5.97. The van der Waals surface area contributed by atoms with Gasteiger partial charge in [-0.05, 0) is 115 Å². The molecule has 1 unspecified atom stereocenters.